The Labute approximate surface area is 187 Å². The van der Waals surface area contributed by atoms with E-state index in [1.54, 1.807) is 39.3 Å². The third-order valence-electron chi connectivity index (χ3n) is 5.37. The molecule has 1 atom stereocenters. The number of fused-ring (bicyclic) bond motifs is 1. The van der Waals surface area contributed by atoms with E-state index in [0.717, 1.165) is 12.0 Å². The SMILES string of the molecule is CC(C)CN(CC(=O)N1CCc2sccc2[C@@H]1COc1ccccc1F)C(=O)C(C)C. The molecule has 0 spiro atoms. The summed E-state index contributed by atoms with van der Waals surface area (Å²) < 4.78 is 19.8. The normalized spacial score (nSPS) is 15.8. The van der Waals surface area contributed by atoms with Crippen molar-refractivity contribution in [1.82, 2.24) is 9.80 Å². The summed E-state index contributed by atoms with van der Waals surface area (Å²) in [5.41, 5.74) is 1.05. The lowest BCUT2D eigenvalue weighted by Crippen LogP contribution is -2.49. The van der Waals surface area contributed by atoms with Gasteiger partial charge in [-0.25, -0.2) is 4.39 Å². The minimum Gasteiger partial charge on any atom is -0.488 e. The summed E-state index contributed by atoms with van der Waals surface area (Å²) >= 11 is 1.67. The summed E-state index contributed by atoms with van der Waals surface area (Å²) in [5, 5.41) is 2.02. The van der Waals surface area contributed by atoms with Gasteiger partial charge in [0.05, 0.1) is 12.6 Å². The number of halogens is 1. The van der Waals surface area contributed by atoms with Gasteiger partial charge in [-0.1, -0.05) is 39.8 Å². The molecule has 1 aromatic carbocycles. The molecule has 2 amide bonds. The number of hydrogen-bond donors (Lipinski definition) is 0. The Morgan fingerprint density at radius 1 is 1.23 bits per heavy atom. The number of carbonyl (C=O) groups excluding carboxylic acids is 2. The van der Waals surface area contributed by atoms with E-state index in [2.05, 4.69) is 0 Å². The number of benzene rings is 1. The zero-order valence-corrected chi connectivity index (χ0v) is 19.5. The van der Waals surface area contributed by atoms with E-state index >= 15 is 0 Å². The number of nitrogens with zero attached hydrogens (tertiary/aromatic N) is 2. The van der Waals surface area contributed by atoms with E-state index in [1.165, 1.54) is 10.9 Å². The highest BCUT2D eigenvalue weighted by Gasteiger charge is 2.34. The van der Waals surface area contributed by atoms with Crippen LogP contribution in [0.25, 0.3) is 0 Å². The second-order valence-corrected chi connectivity index (χ2v) is 9.66. The number of ether oxygens (including phenoxy) is 1. The second-order valence-electron chi connectivity index (χ2n) is 8.66. The standard InChI is InChI=1S/C24H31FN2O3S/c1-16(2)13-26(24(29)17(3)4)14-23(28)27-11-9-22-18(10-12-31-22)20(27)15-30-21-8-6-5-7-19(21)25/h5-8,10,12,16-17,20H,9,11,13-15H2,1-4H3/t20-/m0/s1. The molecule has 2 heterocycles. The van der Waals surface area contributed by atoms with Crippen LogP contribution in [0.1, 0.15) is 44.2 Å². The Morgan fingerprint density at radius 2 is 1.97 bits per heavy atom. The van der Waals surface area contributed by atoms with Crippen LogP contribution in [0.15, 0.2) is 35.7 Å². The predicted molar refractivity (Wildman–Crippen MR) is 121 cm³/mol. The molecule has 0 bridgehead atoms. The van der Waals surface area contributed by atoms with E-state index in [1.807, 2.05) is 39.1 Å². The molecular weight excluding hydrogens is 415 g/mol. The van der Waals surface area contributed by atoms with Gasteiger partial charge < -0.3 is 14.5 Å². The van der Waals surface area contributed by atoms with Crippen molar-refractivity contribution >= 4 is 23.2 Å². The largest absolute Gasteiger partial charge is 0.488 e. The topological polar surface area (TPSA) is 49.9 Å². The van der Waals surface area contributed by atoms with E-state index in [0.29, 0.717) is 13.1 Å². The third kappa shape index (κ3) is 5.64. The molecule has 0 fully saturated rings. The lowest BCUT2D eigenvalue weighted by Gasteiger charge is -2.37. The second kappa shape index (κ2) is 10.3. The number of thiophene rings is 1. The third-order valence-corrected chi connectivity index (χ3v) is 6.36. The Bertz CT molecular complexity index is 912. The lowest BCUT2D eigenvalue weighted by atomic mass is 10.00. The molecular formula is C24H31FN2O3S. The molecule has 0 saturated heterocycles. The van der Waals surface area contributed by atoms with Crippen molar-refractivity contribution in [3.63, 3.8) is 0 Å². The van der Waals surface area contributed by atoms with Crippen LogP contribution in [0.2, 0.25) is 0 Å². The fourth-order valence-electron chi connectivity index (χ4n) is 3.90. The monoisotopic (exact) mass is 446 g/mol. The van der Waals surface area contributed by atoms with E-state index < -0.39 is 5.82 Å². The van der Waals surface area contributed by atoms with Crippen LogP contribution in [0, 0.1) is 17.7 Å². The van der Waals surface area contributed by atoms with Crippen molar-refractivity contribution in [3.05, 3.63) is 52.0 Å². The first-order valence-corrected chi connectivity index (χ1v) is 11.7. The smallest absolute Gasteiger partial charge is 0.242 e. The van der Waals surface area contributed by atoms with Gasteiger partial charge in [0.15, 0.2) is 11.6 Å². The first-order chi connectivity index (χ1) is 14.8. The van der Waals surface area contributed by atoms with Gasteiger partial charge in [0, 0.05) is 23.9 Å². The van der Waals surface area contributed by atoms with Crippen LogP contribution >= 0.6 is 11.3 Å². The predicted octanol–water partition coefficient (Wildman–Crippen LogP) is 4.53. The molecule has 31 heavy (non-hydrogen) atoms. The minimum atomic E-state index is -0.424. The van der Waals surface area contributed by atoms with Crippen molar-refractivity contribution in [2.45, 2.75) is 40.2 Å². The van der Waals surface area contributed by atoms with Crippen LogP contribution in [-0.2, 0) is 16.0 Å². The average molecular weight is 447 g/mol. The molecule has 5 nitrogen and oxygen atoms in total. The van der Waals surface area contributed by atoms with Gasteiger partial charge in [0.1, 0.15) is 6.61 Å². The maximum Gasteiger partial charge on any atom is 0.242 e. The number of amides is 2. The molecule has 2 aromatic rings. The fourth-order valence-corrected chi connectivity index (χ4v) is 4.83. The average Bonchev–Trinajstić information content (AvgIpc) is 3.20. The summed E-state index contributed by atoms with van der Waals surface area (Å²) in [7, 11) is 0. The molecule has 1 aliphatic heterocycles. The van der Waals surface area contributed by atoms with E-state index in [9.17, 15) is 14.0 Å². The summed E-state index contributed by atoms with van der Waals surface area (Å²) in [6.45, 7) is 9.08. The highest BCUT2D eigenvalue weighted by atomic mass is 32.1. The van der Waals surface area contributed by atoms with Crippen molar-refractivity contribution in [3.8, 4) is 5.75 Å². The molecule has 0 radical (unpaired) electrons. The van der Waals surface area contributed by atoms with Crippen LogP contribution in [0.3, 0.4) is 0 Å². The van der Waals surface area contributed by atoms with E-state index in [4.69, 9.17) is 4.74 Å². The van der Waals surface area contributed by atoms with Gasteiger partial charge in [-0.2, -0.15) is 0 Å². The Hall–Kier alpha value is -2.41. The van der Waals surface area contributed by atoms with Crippen molar-refractivity contribution in [1.29, 1.82) is 0 Å². The molecule has 3 rings (SSSR count). The van der Waals surface area contributed by atoms with Crippen LogP contribution in [0.5, 0.6) is 5.75 Å². The molecule has 168 valence electrons. The maximum atomic E-state index is 14.0. The Kier molecular flexibility index (Phi) is 7.70. The lowest BCUT2D eigenvalue weighted by molar-refractivity contribution is -0.144. The zero-order chi connectivity index (χ0) is 22.5. The van der Waals surface area contributed by atoms with Crippen molar-refractivity contribution in [2.75, 3.05) is 26.2 Å². The highest BCUT2D eigenvalue weighted by Crippen LogP contribution is 2.34. The quantitative estimate of drug-likeness (QED) is 0.599. The van der Waals surface area contributed by atoms with Crippen LogP contribution in [0.4, 0.5) is 4.39 Å². The van der Waals surface area contributed by atoms with E-state index in [-0.39, 0.29) is 48.6 Å². The Morgan fingerprint density at radius 3 is 2.65 bits per heavy atom. The number of para-hydroxylation sites is 1. The van der Waals surface area contributed by atoms with Gasteiger partial charge in [0.25, 0.3) is 0 Å². The molecule has 7 heteroatoms. The first-order valence-electron chi connectivity index (χ1n) is 10.8. The number of rotatable bonds is 8. The molecule has 0 unspecified atom stereocenters. The summed E-state index contributed by atoms with van der Waals surface area (Å²) in [4.78, 5) is 30.7. The van der Waals surface area contributed by atoms with Gasteiger partial charge in [-0.3, -0.25) is 9.59 Å². The van der Waals surface area contributed by atoms with Gasteiger partial charge >= 0.3 is 0 Å². The first kappa shape index (κ1) is 23.3. The molecule has 0 saturated carbocycles. The fraction of sp³-hybridized carbons (Fsp3) is 0.500. The van der Waals surface area contributed by atoms with Gasteiger partial charge in [-0.05, 0) is 41.5 Å². The highest BCUT2D eigenvalue weighted by molar-refractivity contribution is 7.10. The van der Waals surface area contributed by atoms with Crippen LogP contribution in [-0.4, -0.2) is 47.9 Å². The Balaban J connectivity index is 1.79. The van der Waals surface area contributed by atoms with Crippen LogP contribution < -0.4 is 4.74 Å². The summed E-state index contributed by atoms with van der Waals surface area (Å²) in [5.74, 6) is -0.277. The molecule has 1 aliphatic rings. The van der Waals surface area contributed by atoms with Gasteiger partial charge in [-0.15, -0.1) is 11.3 Å². The molecule has 0 N–H and O–H groups in total. The van der Waals surface area contributed by atoms with Crippen molar-refractivity contribution < 1.29 is 18.7 Å². The minimum absolute atomic E-state index is 0.0190. The molecule has 1 aromatic heterocycles. The number of hydrogen-bond acceptors (Lipinski definition) is 4. The maximum absolute atomic E-state index is 14.0. The van der Waals surface area contributed by atoms with Crippen molar-refractivity contribution in [2.24, 2.45) is 11.8 Å². The number of carbonyl (C=O) groups is 2. The molecule has 0 aliphatic carbocycles. The summed E-state index contributed by atoms with van der Waals surface area (Å²) in [6.07, 6.45) is 0.775. The summed E-state index contributed by atoms with van der Waals surface area (Å²) in [6, 6.07) is 7.99. The zero-order valence-electron chi connectivity index (χ0n) is 18.6. The van der Waals surface area contributed by atoms with Gasteiger partial charge in [0.2, 0.25) is 11.8 Å².